The number of rotatable bonds is 6. The average Bonchev–Trinajstić information content (AvgIpc) is 2.48. The number of anilines is 1. The Balaban J connectivity index is 1.77. The predicted octanol–water partition coefficient (Wildman–Crippen LogP) is 1.76. The average molecular weight is 285 g/mol. The van der Waals surface area contributed by atoms with Gasteiger partial charge in [-0.2, -0.15) is 0 Å². The standard InChI is InChI=1S/C15H15N3O3/c19-12(11-5-2-1-3-6-11)7-4-8-14(20)17-13-9-10-16-15(21)18-13/h1-3,5-6,9-10H,4,7-8H2,(H2,16,17,18,20,21). The topological polar surface area (TPSA) is 91.9 Å². The zero-order valence-electron chi connectivity index (χ0n) is 11.3. The van der Waals surface area contributed by atoms with Gasteiger partial charge in [0, 0.05) is 24.6 Å². The minimum Gasteiger partial charge on any atom is -0.312 e. The van der Waals surface area contributed by atoms with Crippen LogP contribution in [0.4, 0.5) is 5.82 Å². The summed E-state index contributed by atoms with van der Waals surface area (Å²) >= 11 is 0. The summed E-state index contributed by atoms with van der Waals surface area (Å²) < 4.78 is 0. The fraction of sp³-hybridized carbons (Fsp3) is 0.200. The Morgan fingerprint density at radius 2 is 1.86 bits per heavy atom. The van der Waals surface area contributed by atoms with Gasteiger partial charge >= 0.3 is 5.69 Å². The molecule has 6 heteroatoms. The van der Waals surface area contributed by atoms with Crippen molar-refractivity contribution in [2.75, 3.05) is 5.32 Å². The van der Waals surface area contributed by atoms with E-state index in [4.69, 9.17) is 0 Å². The second kappa shape index (κ2) is 7.14. The zero-order valence-corrected chi connectivity index (χ0v) is 11.3. The van der Waals surface area contributed by atoms with Crippen LogP contribution in [0.1, 0.15) is 29.6 Å². The molecule has 2 rings (SSSR count). The first-order valence-corrected chi connectivity index (χ1v) is 6.58. The second-order valence-corrected chi connectivity index (χ2v) is 4.48. The number of H-pyrrole nitrogens is 1. The van der Waals surface area contributed by atoms with Crippen LogP contribution in [0.2, 0.25) is 0 Å². The maximum atomic E-state index is 11.8. The van der Waals surface area contributed by atoms with Crippen molar-refractivity contribution in [3.8, 4) is 0 Å². The van der Waals surface area contributed by atoms with E-state index in [1.807, 2.05) is 6.07 Å². The molecule has 0 saturated carbocycles. The van der Waals surface area contributed by atoms with E-state index in [1.54, 1.807) is 24.3 Å². The van der Waals surface area contributed by atoms with Gasteiger partial charge in [0.25, 0.3) is 0 Å². The first-order valence-electron chi connectivity index (χ1n) is 6.58. The van der Waals surface area contributed by atoms with Crippen LogP contribution in [0, 0.1) is 0 Å². The molecular weight excluding hydrogens is 270 g/mol. The Morgan fingerprint density at radius 1 is 1.10 bits per heavy atom. The molecule has 0 aliphatic carbocycles. The SMILES string of the molecule is O=C(CCCC(=O)c1ccccc1)Nc1ccnc(=O)[nH]1. The molecule has 0 bridgehead atoms. The molecular formula is C15H15N3O3. The van der Waals surface area contributed by atoms with Gasteiger partial charge in [0.1, 0.15) is 5.82 Å². The summed E-state index contributed by atoms with van der Waals surface area (Å²) in [5, 5.41) is 2.55. The van der Waals surface area contributed by atoms with E-state index in [0.29, 0.717) is 24.2 Å². The number of aromatic amines is 1. The van der Waals surface area contributed by atoms with Gasteiger partial charge in [-0.1, -0.05) is 30.3 Å². The second-order valence-electron chi connectivity index (χ2n) is 4.48. The third kappa shape index (κ3) is 4.68. The molecule has 0 radical (unpaired) electrons. The van der Waals surface area contributed by atoms with Gasteiger partial charge in [-0.05, 0) is 12.5 Å². The molecule has 0 saturated heterocycles. The van der Waals surface area contributed by atoms with E-state index >= 15 is 0 Å². The molecule has 2 aromatic rings. The molecule has 108 valence electrons. The van der Waals surface area contributed by atoms with Crippen molar-refractivity contribution in [2.45, 2.75) is 19.3 Å². The lowest BCUT2D eigenvalue weighted by atomic mass is 10.1. The number of aromatic nitrogens is 2. The summed E-state index contributed by atoms with van der Waals surface area (Å²) in [5.41, 5.74) is 0.128. The maximum absolute atomic E-state index is 11.8. The lowest BCUT2D eigenvalue weighted by Gasteiger charge is -2.04. The van der Waals surface area contributed by atoms with Gasteiger partial charge in [0.2, 0.25) is 5.91 Å². The van der Waals surface area contributed by atoms with Gasteiger partial charge in [-0.15, -0.1) is 0 Å². The van der Waals surface area contributed by atoms with Crippen molar-refractivity contribution in [3.63, 3.8) is 0 Å². The van der Waals surface area contributed by atoms with E-state index in [-0.39, 0.29) is 18.1 Å². The van der Waals surface area contributed by atoms with Crippen molar-refractivity contribution in [2.24, 2.45) is 0 Å². The van der Waals surface area contributed by atoms with E-state index in [2.05, 4.69) is 15.3 Å². The van der Waals surface area contributed by atoms with Crippen LogP contribution in [-0.2, 0) is 4.79 Å². The molecule has 6 nitrogen and oxygen atoms in total. The summed E-state index contributed by atoms with van der Waals surface area (Å²) in [6, 6.07) is 10.5. The van der Waals surface area contributed by atoms with Crippen LogP contribution in [-0.4, -0.2) is 21.7 Å². The maximum Gasteiger partial charge on any atom is 0.346 e. The van der Waals surface area contributed by atoms with Crippen molar-refractivity contribution in [1.82, 2.24) is 9.97 Å². The van der Waals surface area contributed by atoms with Crippen molar-refractivity contribution in [3.05, 3.63) is 58.6 Å². The molecule has 0 aliphatic rings. The van der Waals surface area contributed by atoms with Crippen LogP contribution in [0.3, 0.4) is 0 Å². The largest absolute Gasteiger partial charge is 0.346 e. The molecule has 1 heterocycles. The first-order chi connectivity index (χ1) is 10.1. The molecule has 0 unspecified atom stereocenters. The van der Waals surface area contributed by atoms with Crippen LogP contribution in [0.15, 0.2) is 47.4 Å². The zero-order chi connectivity index (χ0) is 15.1. The summed E-state index contributed by atoms with van der Waals surface area (Å²) in [7, 11) is 0. The van der Waals surface area contributed by atoms with E-state index in [1.165, 1.54) is 12.3 Å². The highest BCUT2D eigenvalue weighted by molar-refractivity contribution is 5.96. The summed E-state index contributed by atoms with van der Waals surface area (Å²) in [6.07, 6.45) is 2.29. The number of hydrogen-bond donors (Lipinski definition) is 2. The lowest BCUT2D eigenvalue weighted by molar-refractivity contribution is -0.116. The van der Waals surface area contributed by atoms with Crippen molar-refractivity contribution < 1.29 is 9.59 Å². The van der Waals surface area contributed by atoms with Gasteiger partial charge in [-0.3, -0.25) is 14.6 Å². The van der Waals surface area contributed by atoms with Crippen LogP contribution < -0.4 is 11.0 Å². The molecule has 1 aromatic heterocycles. The fourth-order valence-corrected chi connectivity index (χ4v) is 1.83. The molecule has 2 N–H and O–H groups in total. The van der Waals surface area contributed by atoms with Crippen LogP contribution >= 0.6 is 0 Å². The Hall–Kier alpha value is -2.76. The number of nitrogens with one attached hydrogen (secondary N) is 2. The van der Waals surface area contributed by atoms with E-state index in [9.17, 15) is 14.4 Å². The Morgan fingerprint density at radius 3 is 2.57 bits per heavy atom. The predicted molar refractivity (Wildman–Crippen MR) is 78.1 cm³/mol. The third-order valence-electron chi connectivity index (χ3n) is 2.85. The fourth-order valence-electron chi connectivity index (χ4n) is 1.83. The highest BCUT2D eigenvalue weighted by Gasteiger charge is 2.07. The van der Waals surface area contributed by atoms with Crippen LogP contribution in [0.25, 0.3) is 0 Å². The molecule has 21 heavy (non-hydrogen) atoms. The van der Waals surface area contributed by atoms with Crippen molar-refractivity contribution >= 4 is 17.5 Å². The van der Waals surface area contributed by atoms with Gasteiger partial charge in [0.15, 0.2) is 5.78 Å². The third-order valence-corrected chi connectivity index (χ3v) is 2.85. The van der Waals surface area contributed by atoms with Gasteiger partial charge < -0.3 is 5.32 Å². The number of benzene rings is 1. The summed E-state index contributed by atoms with van der Waals surface area (Å²) in [5.74, 6) is 0.0628. The Bertz CT molecular complexity index is 680. The first kappa shape index (κ1) is 14.6. The number of carbonyl (C=O) groups excluding carboxylic acids is 2. The normalized spacial score (nSPS) is 10.1. The van der Waals surface area contributed by atoms with Crippen molar-refractivity contribution in [1.29, 1.82) is 0 Å². The van der Waals surface area contributed by atoms with Gasteiger partial charge in [-0.25, -0.2) is 9.78 Å². The smallest absolute Gasteiger partial charge is 0.312 e. The molecule has 0 atom stereocenters. The number of carbonyl (C=O) groups is 2. The molecule has 0 aliphatic heterocycles. The molecule has 0 fully saturated rings. The van der Waals surface area contributed by atoms with Crippen LogP contribution in [0.5, 0.6) is 0 Å². The minimum absolute atomic E-state index is 0.0146. The van der Waals surface area contributed by atoms with E-state index < -0.39 is 5.69 Å². The quantitative estimate of drug-likeness (QED) is 0.791. The highest BCUT2D eigenvalue weighted by atomic mass is 16.2. The minimum atomic E-state index is -0.521. The molecule has 1 amide bonds. The molecule has 1 aromatic carbocycles. The number of amides is 1. The molecule has 0 spiro atoms. The Kier molecular flexibility index (Phi) is 4.98. The number of nitrogens with zero attached hydrogens (tertiary/aromatic N) is 1. The number of hydrogen-bond acceptors (Lipinski definition) is 4. The monoisotopic (exact) mass is 285 g/mol. The lowest BCUT2D eigenvalue weighted by Crippen LogP contribution is -2.17. The highest BCUT2D eigenvalue weighted by Crippen LogP contribution is 2.07. The number of Topliss-reactive ketones (excluding diaryl/α,β-unsaturated/α-hetero) is 1. The van der Waals surface area contributed by atoms with Gasteiger partial charge in [0.05, 0.1) is 0 Å². The summed E-state index contributed by atoms with van der Waals surface area (Å²) in [4.78, 5) is 40.3. The number of ketones is 1. The van der Waals surface area contributed by atoms with E-state index in [0.717, 1.165) is 0 Å². The summed E-state index contributed by atoms with van der Waals surface area (Å²) in [6.45, 7) is 0. The Labute approximate surface area is 121 Å².